The van der Waals surface area contributed by atoms with Gasteiger partial charge in [-0.05, 0) is 67.1 Å². The van der Waals surface area contributed by atoms with Gasteiger partial charge in [0.2, 0.25) is 0 Å². The van der Waals surface area contributed by atoms with Crippen molar-refractivity contribution in [1.29, 1.82) is 0 Å². The van der Waals surface area contributed by atoms with Crippen LogP contribution < -0.4 is 4.74 Å². The summed E-state index contributed by atoms with van der Waals surface area (Å²) in [4.78, 5) is 6.17. The van der Waals surface area contributed by atoms with Crippen LogP contribution in [0.3, 0.4) is 0 Å². The highest BCUT2D eigenvalue weighted by molar-refractivity contribution is 9.10. The molecule has 6 nitrogen and oxygen atoms in total. The van der Waals surface area contributed by atoms with Gasteiger partial charge in [0.05, 0.1) is 15.6 Å². The van der Waals surface area contributed by atoms with Gasteiger partial charge in [0.15, 0.2) is 0 Å². The number of hydrogen-bond donors (Lipinski definition) is 1. The second-order valence-corrected chi connectivity index (χ2v) is 9.98. The van der Waals surface area contributed by atoms with E-state index in [4.69, 9.17) is 20.9 Å². The van der Waals surface area contributed by atoms with Gasteiger partial charge in [0, 0.05) is 6.04 Å². The molecule has 0 spiro atoms. The Labute approximate surface area is 203 Å². The Hall–Kier alpha value is -1.97. The van der Waals surface area contributed by atoms with Crippen molar-refractivity contribution in [1.82, 2.24) is 9.88 Å². The molecule has 3 rings (SSSR count). The summed E-state index contributed by atoms with van der Waals surface area (Å²) in [5, 5.41) is 0.441. The summed E-state index contributed by atoms with van der Waals surface area (Å²) >= 11 is 9.23. The van der Waals surface area contributed by atoms with Crippen LogP contribution >= 0.6 is 27.5 Å². The standard InChI is InChI=1S/C16H18BrClN2O.C7H8O3S/c1-20(2)13(8-12-6-4-3-5-7-12)11-21-14-9-15(17)16(18)19-10-14;1-6-2-4-7(5-3-6)11(8,9)10/h3-7,9-10,13H,8,11H2,1-2H3;2-5H,1H3,(H,8,9,10)/t13-;/m0./s1. The van der Waals surface area contributed by atoms with Crippen molar-refractivity contribution in [2.45, 2.75) is 24.3 Å². The molecular weight excluding hydrogens is 516 g/mol. The molecule has 0 bridgehead atoms. The van der Waals surface area contributed by atoms with E-state index in [9.17, 15) is 8.42 Å². The molecule has 2 aromatic carbocycles. The van der Waals surface area contributed by atoms with Crippen LogP contribution in [0, 0.1) is 6.92 Å². The second-order valence-electron chi connectivity index (χ2n) is 7.35. The normalized spacial score (nSPS) is 12.1. The Bertz CT molecular complexity index is 1090. The predicted octanol–water partition coefficient (Wildman–Crippen LogP) is 5.29. The van der Waals surface area contributed by atoms with Gasteiger partial charge in [0.25, 0.3) is 10.1 Å². The highest BCUT2D eigenvalue weighted by Crippen LogP contribution is 2.24. The summed E-state index contributed by atoms with van der Waals surface area (Å²) in [5.74, 6) is 0.714. The molecule has 0 unspecified atom stereocenters. The van der Waals surface area contributed by atoms with Gasteiger partial charge in [-0.2, -0.15) is 8.42 Å². The molecule has 32 heavy (non-hydrogen) atoms. The maximum Gasteiger partial charge on any atom is 0.294 e. The number of nitrogens with zero attached hydrogens (tertiary/aromatic N) is 2. The number of likely N-dealkylation sites (N-methyl/N-ethyl adjacent to an activating group) is 1. The van der Waals surface area contributed by atoms with E-state index in [1.165, 1.54) is 17.7 Å². The first-order valence-corrected chi connectivity index (χ1v) is 12.4. The van der Waals surface area contributed by atoms with Crippen LogP contribution in [-0.2, 0) is 16.5 Å². The molecule has 1 heterocycles. The third kappa shape index (κ3) is 8.88. The molecular formula is C23H26BrClN2O4S. The molecule has 0 radical (unpaired) electrons. The topological polar surface area (TPSA) is 79.7 Å². The molecule has 0 fully saturated rings. The lowest BCUT2D eigenvalue weighted by Crippen LogP contribution is -2.35. The fourth-order valence-electron chi connectivity index (χ4n) is 2.66. The Morgan fingerprint density at radius 2 is 1.75 bits per heavy atom. The molecule has 0 aliphatic heterocycles. The van der Waals surface area contributed by atoms with Gasteiger partial charge in [-0.3, -0.25) is 4.55 Å². The lowest BCUT2D eigenvalue weighted by Gasteiger charge is -2.24. The molecule has 1 N–H and O–H groups in total. The Morgan fingerprint density at radius 1 is 1.12 bits per heavy atom. The molecule has 9 heteroatoms. The van der Waals surface area contributed by atoms with Gasteiger partial charge in [0.1, 0.15) is 17.5 Å². The average molecular weight is 542 g/mol. The SMILES string of the molecule is CN(C)[C@H](COc1cnc(Cl)c(Br)c1)Cc1ccccc1.Cc1ccc(S(=O)(=O)O)cc1. The molecule has 172 valence electrons. The number of aromatic nitrogens is 1. The molecule has 0 saturated carbocycles. The van der Waals surface area contributed by atoms with E-state index in [-0.39, 0.29) is 4.90 Å². The molecule has 0 saturated heterocycles. The highest BCUT2D eigenvalue weighted by Gasteiger charge is 2.14. The van der Waals surface area contributed by atoms with Crippen molar-refractivity contribution >= 4 is 37.6 Å². The van der Waals surface area contributed by atoms with E-state index in [0.29, 0.717) is 23.6 Å². The van der Waals surface area contributed by atoms with Crippen molar-refractivity contribution in [2.24, 2.45) is 0 Å². The van der Waals surface area contributed by atoms with Crippen LogP contribution in [0.2, 0.25) is 5.15 Å². The maximum atomic E-state index is 10.5. The van der Waals surface area contributed by atoms with E-state index in [2.05, 4.69) is 64.2 Å². The predicted molar refractivity (Wildman–Crippen MR) is 131 cm³/mol. The van der Waals surface area contributed by atoms with Crippen molar-refractivity contribution < 1.29 is 17.7 Å². The minimum atomic E-state index is -4.02. The first-order valence-electron chi connectivity index (χ1n) is 9.74. The largest absolute Gasteiger partial charge is 0.490 e. The van der Waals surface area contributed by atoms with Gasteiger partial charge < -0.3 is 9.64 Å². The van der Waals surface area contributed by atoms with E-state index in [0.717, 1.165) is 16.5 Å². The fraction of sp³-hybridized carbons (Fsp3) is 0.261. The van der Waals surface area contributed by atoms with Crippen molar-refractivity contribution in [3.05, 3.63) is 87.6 Å². The first kappa shape index (κ1) is 26.3. The third-order valence-corrected chi connectivity index (χ3v) is 6.58. The summed E-state index contributed by atoms with van der Waals surface area (Å²) in [6, 6.07) is 18.5. The molecule has 1 aromatic heterocycles. The maximum absolute atomic E-state index is 10.5. The monoisotopic (exact) mass is 540 g/mol. The lowest BCUT2D eigenvalue weighted by molar-refractivity contribution is 0.184. The van der Waals surface area contributed by atoms with Crippen molar-refractivity contribution in [3.63, 3.8) is 0 Å². The van der Waals surface area contributed by atoms with Gasteiger partial charge in [-0.15, -0.1) is 0 Å². The summed E-state index contributed by atoms with van der Waals surface area (Å²) in [7, 11) is 0.105. The van der Waals surface area contributed by atoms with Gasteiger partial charge in [-0.25, -0.2) is 4.98 Å². The van der Waals surface area contributed by atoms with Crippen LogP contribution in [-0.4, -0.2) is 49.6 Å². The molecule has 0 amide bonds. The van der Waals surface area contributed by atoms with Crippen molar-refractivity contribution in [3.8, 4) is 5.75 Å². The zero-order valence-corrected chi connectivity index (χ0v) is 21.2. The number of rotatable bonds is 7. The van der Waals surface area contributed by atoms with E-state index < -0.39 is 10.1 Å². The summed E-state index contributed by atoms with van der Waals surface area (Å²) < 4.78 is 36.1. The molecule has 3 aromatic rings. The van der Waals surface area contributed by atoms with Gasteiger partial charge in [-0.1, -0.05) is 59.6 Å². The minimum Gasteiger partial charge on any atom is -0.490 e. The van der Waals surface area contributed by atoms with Crippen LogP contribution in [0.15, 0.2) is 76.2 Å². The number of aryl methyl sites for hydroxylation is 1. The molecule has 1 atom stereocenters. The molecule has 0 aliphatic carbocycles. The van der Waals surface area contributed by atoms with Crippen molar-refractivity contribution in [2.75, 3.05) is 20.7 Å². The van der Waals surface area contributed by atoms with E-state index in [1.54, 1.807) is 18.3 Å². The lowest BCUT2D eigenvalue weighted by atomic mass is 10.1. The first-order chi connectivity index (χ1) is 15.1. The van der Waals surface area contributed by atoms with Crippen LogP contribution in [0.25, 0.3) is 0 Å². The third-order valence-electron chi connectivity index (χ3n) is 4.58. The quantitative estimate of drug-likeness (QED) is 0.323. The summed E-state index contributed by atoms with van der Waals surface area (Å²) in [5.41, 5.74) is 2.26. The second kappa shape index (κ2) is 12.3. The number of halogens is 2. The number of pyridine rings is 1. The number of ether oxygens (including phenoxy) is 1. The van der Waals surface area contributed by atoms with E-state index >= 15 is 0 Å². The molecule has 0 aliphatic rings. The fourth-order valence-corrected chi connectivity index (χ4v) is 3.57. The Morgan fingerprint density at radius 3 is 2.28 bits per heavy atom. The zero-order chi connectivity index (χ0) is 23.7. The summed E-state index contributed by atoms with van der Waals surface area (Å²) in [6.07, 6.45) is 2.58. The summed E-state index contributed by atoms with van der Waals surface area (Å²) in [6.45, 7) is 2.44. The van der Waals surface area contributed by atoms with E-state index in [1.807, 2.05) is 19.1 Å². The van der Waals surface area contributed by atoms with Crippen LogP contribution in [0.4, 0.5) is 0 Å². The number of hydrogen-bond acceptors (Lipinski definition) is 5. The number of benzene rings is 2. The van der Waals surface area contributed by atoms with Gasteiger partial charge >= 0.3 is 0 Å². The minimum absolute atomic E-state index is 0.0666. The zero-order valence-electron chi connectivity index (χ0n) is 18.1. The Balaban J connectivity index is 0.000000278. The highest BCUT2D eigenvalue weighted by atomic mass is 79.9. The average Bonchev–Trinajstić information content (AvgIpc) is 2.74. The smallest absolute Gasteiger partial charge is 0.294 e. The Kier molecular flexibility index (Phi) is 10.1. The van der Waals surface area contributed by atoms with Crippen LogP contribution in [0.1, 0.15) is 11.1 Å². The van der Waals surface area contributed by atoms with Crippen LogP contribution in [0.5, 0.6) is 5.75 Å².